The third-order valence-corrected chi connectivity index (χ3v) is 2.48. The minimum absolute atomic E-state index is 0.0324. The highest BCUT2D eigenvalue weighted by atomic mass is 32.2. The Morgan fingerprint density at radius 1 is 1.56 bits per heavy atom. The molecule has 2 atom stereocenters. The normalized spacial score (nSPS) is 17.9. The molecule has 0 heterocycles. The monoisotopic (exact) mass is 151 g/mol. The largest absolute Gasteiger partial charge is 0.294 e. The van der Waals surface area contributed by atoms with Gasteiger partial charge in [-0.3, -0.25) is 9.08 Å². The van der Waals surface area contributed by atoms with Crippen LogP contribution in [0.15, 0.2) is 0 Å². The van der Waals surface area contributed by atoms with Gasteiger partial charge in [0, 0.05) is 0 Å². The van der Waals surface area contributed by atoms with E-state index in [0.717, 1.165) is 0 Å². The summed E-state index contributed by atoms with van der Waals surface area (Å²) in [5, 5.41) is -0.0324. The van der Waals surface area contributed by atoms with Crippen molar-refractivity contribution in [2.45, 2.75) is 12.3 Å². The Balaban J connectivity index is 3.72. The van der Waals surface area contributed by atoms with Gasteiger partial charge < -0.3 is 0 Å². The van der Waals surface area contributed by atoms with Gasteiger partial charge in [0.25, 0.3) is 0 Å². The summed E-state index contributed by atoms with van der Waals surface area (Å²) in [7, 11) is 5.17. The topological polar surface area (TPSA) is 29.5 Å². The zero-order valence-electron chi connectivity index (χ0n) is 6.25. The van der Waals surface area contributed by atoms with Crippen molar-refractivity contribution in [1.29, 1.82) is 0 Å². The fourth-order valence-corrected chi connectivity index (χ4v) is 0.934. The third kappa shape index (κ3) is 2.93. The maximum Gasteiger partial charge on any atom is 0.172 e. The molecule has 2 unspecified atom stereocenters. The summed E-state index contributed by atoms with van der Waals surface area (Å²) in [6.45, 7) is 1.85. The molecule has 0 aromatic heterocycles. The maximum absolute atomic E-state index is 10.8. The first-order chi connectivity index (χ1) is 4.09. The smallest absolute Gasteiger partial charge is 0.172 e. The van der Waals surface area contributed by atoms with Crippen molar-refractivity contribution < 1.29 is 8.39 Å². The molecule has 0 N–H and O–H groups in total. The lowest BCUT2D eigenvalue weighted by atomic mass is 10.7. The Morgan fingerprint density at radius 3 is 2.11 bits per heavy atom. The van der Waals surface area contributed by atoms with E-state index >= 15 is 0 Å². The van der Waals surface area contributed by atoms with E-state index in [-0.39, 0.29) is 5.37 Å². The number of hydrogen-bond acceptors (Lipinski definition) is 3. The molecule has 0 fully saturated rings. The van der Waals surface area contributed by atoms with Crippen LogP contribution >= 0.6 is 0 Å². The molecular formula is C5H13NO2S. The molecule has 0 aromatic rings. The Bertz CT molecular complexity index is 105. The lowest BCUT2D eigenvalue weighted by Crippen LogP contribution is -2.29. The first-order valence-electron chi connectivity index (χ1n) is 2.71. The van der Waals surface area contributed by atoms with Crippen LogP contribution < -0.4 is 0 Å². The Kier molecular flexibility index (Phi) is 4.01. The highest BCUT2D eigenvalue weighted by molar-refractivity contribution is 7.80. The van der Waals surface area contributed by atoms with E-state index in [1.807, 2.05) is 25.9 Å². The number of hydrogen-bond donors (Lipinski definition) is 0. The predicted octanol–water partition coefficient (Wildman–Crippen LogP) is 0.204. The summed E-state index contributed by atoms with van der Waals surface area (Å²) in [4.78, 5) is 1.85. The Hall–Kier alpha value is 0.0700. The molecule has 0 saturated carbocycles. The van der Waals surface area contributed by atoms with Gasteiger partial charge in [-0.25, -0.2) is 4.21 Å². The summed E-state index contributed by atoms with van der Waals surface area (Å²) in [6.07, 6.45) is 0. The third-order valence-electron chi connectivity index (χ3n) is 1.17. The van der Waals surface area contributed by atoms with Crippen molar-refractivity contribution in [3.63, 3.8) is 0 Å². The van der Waals surface area contributed by atoms with Crippen LogP contribution in [-0.2, 0) is 15.3 Å². The number of rotatable bonds is 3. The highest BCUT2D eigenvalue weighted by Crippen LogP contribution is 1.97. The molecule has 0 aliphatic carbocycles. The van der Waals surface area contributed by atoms with Gasteiger partial charge in [0.1, 0.15) is 5.37 Å². The van der Waals surface area contributed by atoms with Crippen molar-refractivity contribution >= 4 is 11.1 Å². The Morgan fingerprint density at radius 2 is 2.00 bits per heavy atom. The van der Waals surface area contributed by atoms with Crippen LogP contribution in [0.25, 0.3) is 0 Å². The van der Waals surface area contributed by atoms with Crippen LogP contribution in [-0.4, -0.2) is 35.7 Å². The van der Waals surface area contributed by atoms with Gasteiger partial charge in [-0.05, 0) is 21.0 Å². The molecule has 3 nitrogen and oxygen atoms in total. The molecule has 0 aromatic carbocycles. The minimum atomic E-state index is -1.18. The summed E-state index contributed by atoms with van der Waals surface area (Å²) in [6, 6.07) is 0. The predicted molar refractivity (Wildman–Crippen MR) is 38.3 cm³/mol. The molecule has 4 heteroatoms. The maximum atomic E-state index is 10.8. The van der Waals surface area contributed by atoms with Gasteiger partial charge in [0.05, 0.1) is 7.11 Å². The first kappa shape index (κ1) is 9.07. The van der Waals surface area contributed by atoms with Gasteiger partial charge in [-0.15, -0.1) is 0 Å². The first-order valence-corrected chi connectivity index (χ1v) is 3.85. The summed E-state index contributed by atoms with van der Waals surface area (Å²) in [5.74, 6) is 0. The molecule has 9 heavy (non-hydrogen) atoms. The van der Waals surface area contributed by atoms with Gasteiger partial charge in [0.2, 0.25) is 0 Å². The van der Waals surface area contributed by atoms with Crippen LogP contribution in [0.1, 0.15) is 6.92 Å². The van der Waals surface area contributed by atoms with Crippen LogP contribution in [0.4, 0.5) is 0 Å². The standard InChI is InChI=1S/C5H13NO2S/c1-5(6(2)3)9(7)8-4/h5H,1-4H3. The fourth-order valence-electron chi connectivity index (χ4n) is 0.311. The van der Waals surface area contributed by atoms with Crippen LogP contribution in [0, 0.1) is 0 Å². The van der Waals surface area contributed by atoms with Crippen molar-refractivity contribution in [3.05, 3.63) is 0 Å². The molecular weight excluding hydrogens is 138 g/mol. The average Bonchev–Trinajstić information content (AvgIpc) is 1.84. The molecule has 0 radical (unpaired) electrons. The highest BCUT2D eigenvalue weighted by Gasteiger charge is 2.11. The van der Waals surface area contributed by atoms with E-state index in [4.69, 9.17) is 0 Å². The lowest BCUT2D eigenvalue weighted by Gasteiger charge is -2.16. The lowest BCUT2D eigenvalue weighted by molar-refractivity contribution is 0.355. The van der Waals surface area contributed by atoms with Gasteiger partial charge >= 0.3 is 0 Å². The molecule has 0 spiro atoms. The zero-order valence-corrected chi connectivity index (χ0v) is 7.07. The van der Waals surface area contributed by atoms with E-state index in [9.17, 15) is 4.21 Å². The fraction of sp³-hybridized carbons (Fsp3) is 1.00. The molecule has 0 rings (SSSR count). The molecule has 0 amide bonds. The van der Waals surface area contributed by atoms with E-state index in [0.29, 0.717) is 0 Å². The second kappa shape index (κ2) is 3.98. The molecule has 0 aliphatic rings. The van der Waals surface area contributed by atoms with Crippen molar-refractivity contribution in [3.8, 4) is 0 Å². The summed E-state index contributed by atoms with van der Waals surface area (Å²) < 4.78 is 15.4. The van der Waals surface area contributed by atoms with Crippen LogP contribution in [0.5, 0.6) is 0 Å². The SMILES string of the molecule is COS(=O)C(C)N(C)C. The van der Waals surface area contributed by atoms with Gasteiger partial charge in [-0.1, -0.05) is 0 Å². The summed E-state index contributed by atoms with van der Waals surface area (Å²) in [5.41, 5.74) is 0. The van der Waals surface area contributed by atoms with Crippen LogP contribution in [0.3, 0.4) is 0 Å². The van der Waals surface area contributed by atoms with Crippen molar-refractivity contribution in [1.82, 2.24) is 4.90 Å². The Labute approximate surface area is 58.7 Å². The number of nitrogens with zero attached hydrogens (tertiary/aromatic N) is 1. The van der Waals surface area contributed by atoms with E-state index < -0.39 is 11.1 Å². The second-order valence-corrected chi connectivity index (χ2v) is 3.53. The van der Waals surface area contributed by atoms with Crippen molar-refractivity contribution in [2.75, 3.05) is 21.2 Å². The zero-order chi connectivity index (χ0) is 7.44. The van der Waals surface area contributed by atoms with E-state index in [1.165, 1.54) is 7.11 Å². The van der Waals surface area contributed by atoms with E-state index in [1.54, 1.807) is 0 Å². The average molecular weight is 151 g/mol. The van der Waals surface area contributed by atoms with Gasteiger partial charge in [-0.2, -0.15) is 0 Å². The quantitative estimate of drug-likeness (QED) is 0.577. The van der Waals surface area contributed by atoms with Gasteiger partial charge in [0.15, 0.2) is 11.1 Å². The molecule has 0 aliphatic heterocycles. The van der Waals surface area contributed by atoms with Crippen LogP contribution in [0.2, 0.25) is 0 Å². The summed E-state index contributed by atoms with van der Waals surface area (Å²) >= 11 is -1.18. The van der Waals surface area contributed by atoms with E-state index in [2.05, 4.69) is 4.18 Å². The molecule has 0 saturated heterocycles. The molecule has 56 valence electrons. The second-order valence-electron chi connectivity index (χ2n) is 1.99. The molecule has 0 bridgehead atoms. The minimum Gasteiger partial charge on any atom is -0.294 e. The van der Waals surface area contributed by atoms with Crippen molar-refractivity contribution in [2.24, 2.45) is 0 Å².